The summed E-state index contributed by atoms with van der Waals surface area (Å²) in [7, 11) is 2.19. The van der Waals surface area contributed by atoms with Crippen LogP contribution in [0.3, 0.4) is 0 Å². The van der Waals surface area contributed by atoms with Crippen molar-refractivity contribution in [3.8, 4) is 0 Å². The highest BCUT2D eigenvalue weighted by molar-refractivity contribution is 5.55. The lowest BCUT2D eigenvalue weighted by Crippen LogP contribution is -2.44. The van der Waals surface area contributed by atoms with Gasteiger partial charge in [0.15, 0.2) is 0 Å². The highest BCUT2D eigenvalue weighted by atomic mass is 15.2. The molecule has 0 amide bonds. The van der Waals surface area contributed by atoms with E-state index in [2.05, 4.69) is 48.9 Å². The van der Waals surface area contributed by atoms with Gasteiger partial charge in [0.05, 0.1) is 0 Å². The van der Waals surface area contributed by atoms with E-state index < -0.39 is 0 Å². The van der Waals surface area contributed by atoms with E-state index in [-0.39, 0.29) is 0 Å². The molecule has 0 atom stereocenters. The minimum absolute atomic E-state index is 1.15. The number of piperazine rings is 1. The number of anilines is 1. The second-order valence-electron chi connectivity index (χ2n) is 4.58. The molecule has 0 aliphatic carbocycles. The van der Waals surface area contributed by atoms with Crippen LogP contribution in [0.15, 0.2) is 18.2 Å². The van der Waals surface area contributed by atoms with Gasteiger partial charge >= 0.3 is 0 Å². The van der Waals surface area contributed by atoms with E-state index in [0.717, 1.165) is 13.1 Å². The van der Waals surface area contributed by atoms with Crippen molar-refractivity contribution in [3.05, 3.63) is 29.3 Å². The fraction of sp³-hybridized carbons (Fsp3) is 0.600. The molecular formula is C15H26N2. The smallest absolute Gasteiger partial charge is 0.0399 e. The third-order valence-electron chi connectivity index (χ3n) is 3.21. The average Bonchev–Trinajstić information content (AvgIpc) is 2.36. The van der Waals surface area contributed by atoms with Gasteiger partial charge in [0.25, 0.3) is 0 Å². The first kappa shape index (κ1) is 14.0. The lowest BCUT2D eigenvalue weighted by atomic mass is 10.1. The second kappa shape index (κ2) is 6.65. The SMILES string of the molecule is CC.Cc1ccc(C)c(N2CCN(C)CC2)c1. The molecule has 17 heavy (non-hydrogen) atoms. The largest absolute Gasteiger partial charge is 0.369 e. The Labute approximate surface area is 106 Å². The Hall–Kier alpha value is -1.02. The highest BCUT2D eigenvalue weighted by Crippen LogP contribution is 2.22. The van der Waals surface area contributed by atoms with Crippen LogP contribution in [0.1, 0.15) is 25.0 Å². The van der Waals surface area contributed by atoms with Crippen molar-refractivity contribution in [2.45, 2.75) is 27.7 Å². The second-order valence-corrected chi connectivity index (χ2v) is 4.58. The lowest BCUT2D eigenvalue weighted by molar-refractivity contribution is 0.312. The van der Waals surface area contributed by atoms with Crippen molar-refractivity contribution < 1.29 is 0 Å². The predicted molar refractivity (Wildman–Crippen MR) is 77.0 cm³/mol. The van der Waals surface area contributed by atoms with Crippen LogP contribution in [-0.2, 0) is 0 Å². The zero-order chi connectivity index (χ0) is 12.8. The van der Waals surface area contributed by atoms with Gasteiger partial charge in [-0.25, -0.2) is 0 Å². The van der Waals surface area contributed by atoms with Gasteiger partial charge in [0, 0.05) is 31.9 Å². The summed E-state index contributed by atoms with van der Waals surface area (Å²) in [5.74, 6) is 0. The molecule has 2 heteroatoms. The maximum atomic E-state index is 2.50. The van der Waals surface area contributed by atoms with Crippen molar-refractivity contribution in [2.75, 3.05) is 38.1 Å². The molecule has 1 fully saturated rings. The number of hydrogen-bond acceptors (Lipinski definition) is 2. The predicted octanol–water partition coefficient (Wildman–Crippen LogP) is 3.08. The molecule has 0 radical (unpaired) electrons. The van der Waals surface area contributed by atoms with Gasteiger partial charge in [-0.3, -0.25) is 0 Å². The van der Waals surface area contributed by atoms with E-state index in [0.29, 0.717) is 0 Å². The van der Waals surface area contributed by atoms with Gasteiger partial charge < -0.3 is 9.80 Å². The first-order valence-corrected chi connectivity index (χ1v) is 6.67. The Kier molecular flexibility index (Phi) is 5.49. The highest BCUT2D eigenvalue weighted by Gasteiger charge is 2.15. The van der Waals surface area contributed by atoms with Crippen LogP contribution < -0.4 is 4.90 Å². The summed E-state index contributed by atoms with van der Waals surface area (Å²) in [5.41, 5.74) is 4.17. The van der Waals surface area contributed by atoms with Crippen molar-refractivity contribution in [1.29, 1.82) is 0 Å². The summed E-state index contributed by atoms with van der Waals surface area (Å²) in [6, 6.07) is 6.72. The molecule has 1 aliphatic heterocycles. The lowest BCUT2D eigenvalue weighted by Gasteiger charge is -2.35. The molecule has 1 aromatic rings. The van der Waals surface area contributed by atoms with Gasteiger partial charge in [-0.2, -0.15) is 0 Å². The summed E-state index contributed by atoms with van der Waals surface area (Å²) in [5, 5.41) is 0. The standard InChI is InChI=1S/C13H20N2.C2H6/c1-11-4-5-12(2)13(10-11)15-8-6-14(3)7-9-15;1-2/h4-5,10H,6-9H2,1-3H3;1-2H3. The molecule has 0 aromatic heterocycles. The number of benzene rings is 1. The molecule has 1 heterocycles. The Morgan fingerprint density at radius 3 is 2.12 bits per heavy atom. The Balaban J connectivity index is 0.000000686. The molecule has 0 unspecified atom stereocenters. The van der Waals surface area contributed by atoms with Crippen LogP contribution in [-0.4, -0.2) is 38.1 Å². The first-order chi connectivity index (χ1) is 8.16. The minimum Gasteiger partial charge on any atom is -0.369 e. The number of aryl methyl sites for hydroxylation is 2. The fourth-order valence-electron chi connectivity index (χ4n) is 2.11. The van der Waals surface area contributed by atoms with E-state index in [1.807, 2.05) is 13.8 Å². The molecule has 96 valence electrons. The van der Waals surface area contributed by atoms with Crippen molar-refractivity contribution in [1.82, 2.24) is 4.90 Å². The molecule has 1 aliphatic rings. The van der Waals surface area contributed by atoms with Gasteiger partial charge in [0.2, 0.25) is 0 Å². The van der Waals surface area contributed by atoms with E-state index in [4.69, 9.17) is 0 Å². The maximum absolute atomic E-state index is 2.50. The number of hydrogen-bond donors (Lipinski definition) is 0. The van der Waals surface area contributed by atoms with E-state index in [9.17, 15) is 0 Å². The van der Waals surface area contributed by atoms with Crippen LogP contribution in [0.5, 0.6) is 0 Å². The molecule has 2 rings (SSSR count). The average molecular weight is 234 g/mol. The molecule has 0 N–H and O–H groups in total. The van der Waals surface area contributed by atoms with Crippen molar-refractivity contribution >= 4 is 5.69 Å². The Bertz CT molecular complexity index is 339. The van der Waals surface area contributed by atoms with Crippen LogP contribution in [0.2, 0.25) is 0 Å². The van der Waals surface area contributed by atoms with Gasteiger partial charge in [0.1, 0.15) is 0 Å². The first-order valence-electron chi connectivity index (χ1n) is 6.67. The van der Waals surface area contributed by atoms with Crippen LogP contribution in [0.25, 0.3) is 0 Å². The zero-order valence-corrected chi connectivity index (χ0v) is 12.0. The van der Waals surface area contributed by atoms with Crippen LogP contribution in [0, 0.1) is 13.8 Å². The van der Waals surface area contributed by atoms with E-state index in [1.54, 1.807) is 0 Å². The van der Waals surface area contributed by atoms with Crippen molar-refractivity contribution in [3.63, 3.8) is 0 Å². The fourth-order valence-corrected chi connectivity index (χ4v) is 2.11. The number of rotatable bonds is 1. The zero-order valence-electron chi connectivity index (χ0n) is 12.0. The van der Waals surface area contributed by atoms with Gasteiger partial charge in [-0.15, -0.1) is 0 Å². The monoisotopic (exact) mass is 234 g/mol. The maximum Gasteiger partial charge on any atom is 0.0399 e. The quantitative estimate of drug-likeness (QED) is 0.737. The van der Waals surface area contributed by atoms with E-state index in [1.165, 1.54) is 29.9 Å². The normalized spacial score (nSPS) is 16.4. The minimum atomic E-state index is 1.15. The molecule has 1 saturated heterocycles. The topological polar surface area (TPSA) is 6.48 Å². The number of likely N-dealkylation sites (N-methyl/N-ethyl adjacent to an activating group) is 1. The Morgan fingerprint density at radius 2 is 1.53 bits per heavy atom. The van der Waals surface area contributed by atoms with Crippen molar-refractivity contribution in [2.24, 2.45) is 0 Å². The molecule has 0 saturated carbocycles. The van der Waals surface area contributed by atoms with Crippen LogP contribution >= 0.6 is 0 Å². The van der Waals surface area contributed by atoms with Crippen LogP contribution in [0.4, 0.5) is 5.69 Å². The molecule has 0 bridgehead atoms. The van der Waals surface area contributed by atoms with E-state index >= 15 is 0 Å². The summed E-state index contributed by atoms with van der Waals surface area (Å²) < 4.78 is 0. The molecule has 1 aromatic carbocycles. The molecule has 2 nitrogen and oxygen atoms in total. The van der Waals surface area contributed by atoms with Gasteiger partial charge in [-0.1, -0.05) is 26.0 Å². The third-order valence-corrected chi connectivity index (χ3v) is 3.21. The summed E-state index contributed by atoms with van der Waals surface area (Å²) in [4.78, 5) is 4.89. The summed E-state index contributed by atoms with van der Waals surface area (Å²) in [6.07, 6.45) is 0. The molecular weight excluding hydrogens is 208 g/mol. The number of nitrogens with zero attached hydrogens (tertiary/aromatic N) is 2. The van der Waals surface area contributed by atoms with Gasteiger partial charge in [-0.05, 0) is 38.1 Å². The third kappa shape index (κ3) is 3.74. The Morgan fingerprint density at radius 1 is 0.941 bits per heavy atom. The summed E-state index contributed by atoms with van der Waals surface area (Å²) in [6.45, 7) is 13.0. The molecule has 0 spiro atoms. The summed E-state index contributed by atoms with van der Waals surface area (Å²) >= 11 is 0.